The highest BCUT2D eigenvalue weighted by Gasteiger charge is 2.32. The average Bonchev–Trinajstić information content (AvgIpc) is 2.49. The number of nitrogens with one attached hydrogen (secondary N) is 1. The normalized spacial score (nSPS) is 26.0. The molecule has 118 valence electrons. The van der Waals surface area contributed by atoms with Crippen LogP contribution >= 0.6 is 11.8 Å². The minimum absolute atomic E-state index is 0.625. The van der Waals surface area contributed by atoms with Crippen LogP contribution < -0.4 is 10.1 Å². The monoisotopic (exact) mass is 307 g/mol. The first-order valence-corrected chi connectivity index (χ1v) is 9.06. The molecule has 1 fully saturated rings. The zero-order valence-corrected chi connectivity index (χ0v) is 14.6. The maximum absolute atomic E-state index is 5.52. The first-order chi connectivity index (χ1) is 10.2. The van der Waals surface area contributed by atoms with E-state index in [9.17, 15) is 0 Å². The number of benzene rings is 1. The number of hydrogen-bond acceptors (Lipinski definition) is 3. The van der Waals surface area contributed by atoms with Crippen LogP contribution in [-0.4, -0.2) is 24.9 Å². The lowest BCUT2D eigenvalue weighted by atomic mass is 9.79. The van der Waals surface area contributed by atoms with Crippen LogP contribution in [0.4, 0.5) is 0 Å². The van der Waals surface area contributed by atoms with Gasteiger partial charge in [-0.15, -0.1) is 11.8 Å². The van der Waals surface area contributed by atoms with Crippen LogP contribution in [0.15, 0.2) is 29.2 Å². The third-order valence-corrected chi connectivity index (χ3v) is 6.00. The van der Waals surface area contributed by atoms with Crippen molar-refractivity contribution in [2.75, 3.05) is 13.7 Å². The first kappa shape index (κ1) is 16.7. The third-order valence-electron chi connectivity index (χ3n) is 4.59. The zero-order valence-electron chi connectivity index (χ0n) is 13.8. The minimum atomic E-state index is 0.625. The van der Waals surface area contributed by atoms with Gasteiger partial charge in [-0.25, -0.2) is 0 Å². The second-order valence-corrected chi connectivity index (χ2v) is 7.57. The van der Waals surface area contributed by atoms with Gasteiger partial charge in [0.2, 0.25) is 0 Å². The molecule has 1 saturated carbocycles. The molecular formula is C18H29NOS. The molecule has 0 spiro atoms. The maximum Gasteiger partial charge on any atom is 0.132 e. The fraction of sp³-hybridized carbons (Fsp3) is 0.667. The minimum Gasteiger partial charge on any atom is -0.496 e. The lowest BCUT2D eigenvalue weighted by Gasteiger charge is -2.38. The van der Waals surface area contributed by atoms with Crippen molar-refractivity contribution in [3.63, 3.8) is 0 Å². The molecule has 0 amide bonds. The van der Waals surface area contributed by atoms with Crippen molar-refractivity contribution in [3.05, 3.63) is 24.3 Å². The van der Waals surface area contributed by atoms with Gasteiger partial charge in [-0.3, -0.25) is 0 Å². The van der Waals surface area contributed by atoms with Gasteiger partial charge in [0, 0.05) is 16.2 Å². The molecule has 1 aromatic carbocycles. The van der Waals surface area contributed by atoms with E-state index in [1.807, 2.05) is 17.8 Å². The molecule has 0 heterocycles. The zero-order chi connectivity index (χ0) is 15.2. The SMILES string of the molecule is CCNC1CCC(C(C)C)CC1Sc1ccccc1OC. The summed E-state index contributed by atoms with van der Waals surface area (Å²) in [5.41, 5.74) is 0. The van der Waals surface area contributed by atoms with Gasteiger partial charge >= 0.3 is 0 Å². The summed E-state index contributed by atoms with van der Waals surface area (Å²) in [5, 5.41) is 4.33. The topological polar surface area (TPSA) is 21.3 Å². The molecule has 1 N–H and O–H groups in total. The van der Waals surface area contributed by atoms with Crippen molar-refractivity contribution in [2.45, 2.75) is 56.2 Å². The molecule has 21 heavy (non-hydrogen) atoms. The summed E-state index contributed by atoms with van der Waals surface area (Å²) in [6.45, 7) is 7.99. The summed E-state index contributed by atoms with van der Waals surface area (Å²) >= 11 is 2.00. The standard InChI is InChI=1S/C18H29NOS/c1-5-19-15-11-10-14(13(2)3)12-18(15)21-17-9-7-6-8-16(17)20-4/h6-9,13-15,18-19H,5,10-12H2,1-4H3. The summed E-state index contributed by atoms with van der Waals surface area (Å²) in [4.78, 5) is 1.28. The van der Waals surface area contributed by atoms with Crippen LogP contribution in [0.1, 0.15) is 40.0 Å². The number of ether oxygens (including phenoxy) is 1. The molecule has 3 unspecified atom stereocenters. The summed E-state index contributed by atoms with van der Waals surface area (Å²) in [5.74, 6) is 2.64. The molecule has 1 aliphatic rings. The van der Waals surface area contributed by atoms with E-state index in [4.69, 9.17) is 4.74 Å². The van der Waals surface area contributed by atoms with Gasteiger partial charge in [-0.1, -0.05) is 32.9 Å². The van der Waals surface area contributed by atoms with Crippen molar-refractivity contribution in [1.82, 2.24) is 5.32 Å². The lowest BCUT2D eigenvalue weighted by Crippen LogP contribution is -2.43. The molecule has 3 atom stereocenters. The van der Waals surface area contributed by atoms with Crippen LogP contribution in [0, 0.1) is 11.8 Å². The average molecular weight is 308 g/mol. The third kappa shape index (κ3) is 4.40. The Kier molecular flexibility index (Phi) is 6.43. The molecule has 2 rings (SSSR count). The predicted octanol–water partition coefficient (Wildman–Crippen LogP) is 4.59. The molecule has 0 bridgehead atoms. The molecule has 0 aliphatic heterocycles. The van der Waals surface area contributed by atoms with Crippen molar-refractivity contribution >= 4 is 11.8 Å². The molecular weight excluding hydrogens is 278 g/mol. The van der Waals surface area contributed by atoms with Gasteiger partial charge in [0.1, 0.15) is 5.75 Å². The first-order valence-electron chi connectivity index (χ1n) is 8.18. The van der Waals surface area contributed by atoms with Crippen molar-refractivity contribution in [3.8, 4) is 5.75 Å². The van der Waals surface area contributed by atoms with E-state index in [0.717, 1.165) is 24.1 Å². The predicted molar refractivity (Wildman–Crippen MR) is 92.3 cm³/mol. The van der Waals surface area contributed by atoms with Crippen molar-refractivity contribution < 1.29 is 4.74 Å². The van der Waals surface area contributed by atoms with E-state index in [0.29, 0.717) is 11.3 Å². The van der Waals surface area contributed by atoms with Crippen LogP contribution in [0.2, 0.25) is 0 Å². The highest BCUT2D eigenvalue weighted by Crippen LogP contribution is 2.41. The number of thioether (sulfide) groups is 1. The highest BCUT2D eigenvalue weighted by molar-refractivity contribution is 8.00. The fourth-order valence-corrected chi connectivity index (χ4v) is 4.76. The maximum atomic E-state index is 5.52. The van der Waals surface area contributed by atoms with Gasteiger partial charge in [0.25, 0.3) is 0 Å². The Labute approximate surface area is 134 Å². The van der Waals surface area contributed by atoms with E-state index in [1.165, 1.54) is 24.2 Å². The number of para-hydroxylation sites is 1. The largest absolute Gasteiger partial charge is 0.496 e. The quantitative estimate of drug-likeness (QED) is 0.830. The smallest absolute Gasteiger partial charge is 0.132 e. The van der Waals surface area contributed by atoms with Gasteiger partial charge in [-0.05, 0) is 49.8 Å². The van der Waals surface area contributed by atoms with Crippen molar-refractivity contribution in [2.24, 2.45) is 11.8 Å². The molecule has 2 nitrogen and oxygen atoms in total. The highest BCUT2D eigenvalue weighted by atomic mass is 32.2. The molecule has 3 heteroatoms. The van der Waals surface area contributed by atoms with E-state index in [-0.39, 0.29) is 0 Å². The Morgan fingerprint density at radius 3 is 2.71 bits per heavy atom. The molecule has 0 saturated heterocycles. The summed E-state index contributed by atoms with van der Waals surface area (Å²) < 4.78 is 5.52. The van der Waals surface area contributed by atoms with Gasteiger partial charge in [-0.2, -0.15) is 0 Å². The Hall–Kier alpha value is -0.670. The van der Waals surface area contributed by atoms with E-state index in [2.05, 4.69) is 44.3 Å². The molecule has 1 aromatic rings. The lowest BCUT2D eigenvalue weighted by molar-refractivity contribution is 0.247. The Morgan fingerprint density at radius 2 is 2.05 bits per heavy atom. The van der Waals surface area contributed by atoms with E-state index in [1.54, 1.807) is 7.11 Å². The second kappa shape index (κ2) is 8.09. The van der Waals surface area contributed by atoms with Gasteiger partial charge in [0.05, 0.1) is 7.11 Å². The fourth-order valence-electron chi connectivity index (χ4n) is 3.27. The summed E-state index contributed by atoms with van der Waals surface area (Å²) in [6, 6.07) is 9.02. The Bertz CT molecular complexity index is 435. The van der Waals surface area contributed by atoms with Crippen LogP contribution in [0.25, 0.3) is 0 Å². The van der Waals surface area contributed by atoms with Gasteiger partial charge < -0.3 is 10.1 Å². The van der Waals surface area contributed by atoms with Crippen LogP contribution in [0.5, 0.6) is 5.75 Å². The second-order valence-electron chi connectivity index (χ2n) is 6.29. The summed E-state index contributed by atoms with van der Waals surface area (Å²) in [6.07, 6.45) is 3.96. The van der Waals surface area contributed by atoms with Crippen molar-refractivity contribution in [1.29, 1.82) is 0 Å². The van der Waals surface area contributed by atoms with Crippen LogP contribution in [0.3, 0.4) is 0 Å². The number of methoxy groups -OCH3 is 1. The Balaban J connectivity index is 2.11. The van der Waals surface area contributed by atoms with Crippen LogP contribution in [-0.2, 0) is 0 Å². The van der Waals surface area contributed by atoms with Gasteiger partial charge in [0.15, 0.2) is 0 Å². The molecule has 0 radical (unpaired) electrons. The molecule has 1 aliphatic carbocycles. The van der Waals surface area contributed by atoms with E-state index < -0.39 is 0 Å². The number of hydrogen-bond donors (Lipinski definition) is 1. The van der Waals surface area contributed by atoms with E-state index >= 15 is 0 Å². The molecule has 0 aromatic heterocycles. The summed E-state index contributed by atoms with van der Waals surface area (Å²) in [7, 11) is 1.76. The Morgan fingerprint density at radius 1 is 1.29 bits per heavy atom. The number of rotatable bonds is 6.